The normalized spacial score (nSPS) is 17.3. The molecule has 0 radical (unpaired) electrons. The first kappa shape index (κ1) is 26.3. The highest BCUT2D eigenvalue weighted by Gasteiger charge is 2.46. The van der Waals surface area contributed by atoms with Gasteiger partial charge in [-0.3, -0.25) is 9.59 Å². The number of rotatable bonds is 11. The minimum Gasteiger partial charge on any atom is -0.507 e. The Labute approximate surface area is 207 Å². The Balaban J connectivity index is 2.08. The van der Waals surface area contributed by atoms with Crippen LogP contribution < -0.4 is 9.47 Å². The molecule has 1 amide bonds. The molecule has 0 bridgehead atoms. The van der Waals surface area contributed by atoms with E-state index in [1.807, 2.05) is 52.8 Å². The van der Waals surface area contributed by atoms with Gasteiger partial charge >= 0.3 is 0 Å². The van der Waals surface area contributed by atoms with Crippen molar-refractivity contribution in [2.45, 2.75) is 53.2 Å². The number of aryl methyl sites for hydroxylation is 1. The predicted molar refractivity (Wildman–Crippen MR) is 135 cm³/mol. The van der Waals surface area contributed by atoms with E-state index in [9.17, 15) is 14.7 Å². The van der Waals surface area contributed by atoms with Crippen LogP contribution in [0.25, 0.3) is 5.76 Å². The first-order chi connectivity index (χ1) is 16.8. The molecular weight excluding hydrogens is 446 g/mol. The zero-order valence-electron chi connectivity index (χ0n) is 21.2. The topological polar surface area (TPSA) is 85.3 Å². The quantitative estimate of drug-likeness (QED) is 0.275. The fourth-order valence-corrected chi connectivity index (χ4v) is 4.11. The van der Waals surface area contributed by atoms with Gasteiger partial charge in [-0.25, -0.2) is 0 Å². The number of carbonyl (C=O) groups is 2. The average molecular weight is 482 g/mol. The highest BCUT2D eigenvalue weighted by atomic mass is 16.5. The van der Waals surface area contributed by atoms with Gasteiger partial charge in [0.15, 0.2) is 0 Å². The Morgan fingerprint density at radius 2 is 1.83 bits per heavy atom. The largest absolute Gasteiger partial charge is 0.507 e. The molecule has 35 heavy (non-hydrogen) atoms. The van der Waals surface area contributed by atoms with E-state index >= 15 is 0 Å². The zero-order valence-corrected chi connectivity index (χ0v) is 21.2. The molecule has 1 fully saturated rings. The van der Waals surface area contributed by atoms with Gasteiger partial charge in [0.1, 0.15) is 17.3 Å². The summed E-state index contributed by atoms with van der Waals surface area (Å²) in [6, 6.07) is 11.7. The molecule has 1 atom stereocenters. The van der Waals surface area contributed by atoms with Crippen molar-refractivity contribution >= 4 is 17.4 Å². The summed E-state index contributed by atoms with van der Waals surface area (Å²) in [5, 5.41) is 11.3. The molecular formula is C28H35NO6. The van der Waals surface area contributed by atoms with Gasteiger partial charge in [-0.2, -0.15) is 0 Å². The third kappa shape index (κ3) is 6.03. The van der Waals surface area contributed by atoms with Gasteiger partial charge in [-0.1, -0.05) is 19.1 Å². The van der Waals surface area contributed by atoms with Crippen LogP contribution in [0.2, 0.25) is 0 Å². The summed E-state index contributed by atoms with van der Waals surface area (Å²) in [7, 11) is 0. The van der Waals surface area contributed by atoms with Crippen LogP contribution in [-0.2, 0) is 14.3 Å². The van der Waals surface area contributed by atoms with E-state index in [0.717, 1.165) is 17.7 Å². The highest BCUT2D eigenvalue weighted by Crippen LogP contribution is 2.40. The maximum atomic E-state index is 13.2. The maximum Gasteiger partial charge on any atom is 0.295 e. The molecule has 0 aliphatic carbocycles. The second-order valence-electron chi connectivity index (χ2n) is 8.75. The van der Waals surface area contributed by atoms with E-state index in [-0.39, 0.29) is 30.6 Å². The number of hydrogen-bond acceptors (Lipinski definition) is 6. The Morgan fingerprint density at radius 3 is 2.49 bits per heavy atom. The van der Waals surface area contributed by atoms with Crippen molar-refractivity contribution in [3.05, 3.63) is 64.7 Å². The van der Waals surface area contributed by atoms with Crippen LogP contribution in [0, 0.1) is 6.92 Å². The smallest absolute Gasteiger partial charge is 0.295 e. The lowest BCUT2D eigenvalue weighted by molar-refractivity contribution is -0.140. The molecule has 1 aliphatic rings. The minimum atomic E-state index is -0.762. The summed E-state index contributed by atoms with van der Waals surface area (Å²) >= 11 is 0. The van der Waals surface area contributed by atoms with Crippen LogP contribution in [0.3, 0.4) is 0 Å². The fourth-order valence-electron chi connectivity index (χ4n) is 4.11. The Kier molecular flexibility index (Phi) is 8.93. The first-order valence-corrected chi connectivity index (χ1v) is 12.1. The Hall–Kier alpha value is -3.32. The molecule has 1 aliphatic heterocycles. The van der Waals surface area contributed by atoms with Crippen LogP contribution in [-0.4, -0.2) is 54.2 Å². The van der Waals surface area contributed by atoms with Crippen LogP contribution in [0.15, 0.2) is 48.0 Å². The number of aliphatic hydroxyl groups excluding tert-OH is 1. The van der Waals surface area contributed by atoms with Gasteiger partial charge in [0.05, 0.1) is 37.5 Å². The molecule has 7 heteroatoms. The van der Waals surface area contributed by atoms with Gasteiger partial charge in [0.2, 0.25) is 0 Å². The second kappa shape index (κ2) is 11.9. The molecule has 1 saturated heterocycles. The van der Waals surface area contributed by atoms with E-state index in [0.29, 0.717) is 30.1 Å². The van der Waals surface area contributed by atoms with Crippen LogP contribution in [0.1, 0.15) is 56.8 Å². The van der Waals surface area contributed by atoms with Gasteiger partial charge < -0.3 is 24.2 Å². The number of Topliss-reactive ketones (excluding diaryl/α,β-unsaturated/α-hetero) is 1. The monoisotopic (exact) mass is 481 g/mol. The summed E-state index contributed by atoms with van der Waals surface area (Å²) in [5.74, 6) is -0.251. The highest BCUT2D eigenvalue weighted by molar-refractivity contribution is 6.46. The third-order valence-electron chi connectivity index (χ3n) is 5.72. The van der Waals surface area contributed by atoms with Crippen molar-refractivity contribution in [3.63, 3.8) is 0 Å². The third-order valence-corrected chi connectivity index (χ3v) is 5.72. The average Bonchev–Trinajstić information content (AvgIpc) is 3.08. The van der Waals surface area contributed by atoms with Gasteiger partial charge in [0.25, 0.3) is 11.7 Å². The van der Waals surface area contributed by atoms with E-state index in [1.54, 1.807) is 24.3 Å². The SMILES string of the molecule is CCCOc1ccc(/C(O)=C2\C(=O)C(=O)N(CCOC(C)C)C2c2cccc(OCC)c2)cc1C. The minimum absolute atomic E-state index is 0.0111. The predicted octanol–water partition coefficient (Wildman–Crippen LogP) is 5.03. The van der Waals surface area contributed by atoms with E-state index in [2.05, 4.69) is 0 Å². The number of hydrogen-bond donors (Lipinski definition) is 1. The number of amides is 1. The zero-order chi connectivity index (χ0) is 25.5. The summed E-state index contributed by atoms with van der Waals surface area (Å²) in [6.45, 7) is 11.2. The second-order valence-corrected chi connectivity index (χ2v) is 8.75. The molecule has 7 nitrogen and oxygen atoms in total. The van der Waals surface area contributed by atoms with Crippen LogP contribution >= 0.6 is 0 Å². The van der Waals surface area contributed by atoms with Crippen molar-refractivity contribution in [1.82, 2.24) is 4.90 Å². The van der Waals surface area contributed by atoms with Crippen molar-refractivity contribution in [2.24, 2.45) is 0 Å². The number of nitrogens with zero attached hydrogens (tertiary/aromatic N) is 1. The van der Waals surface area contributed by atoms with Gasteiger partial charge in [-0.05, 0) is 75.6 Å². The Bertz CT molecular complexity index is 1090. The number of carbonyl (C=O) groups excluding carboxylic acids is 2. The maximum absolute atomic E-state index is 13.2. The first-order valence-electron chi connectivity index (χ1n) is 12.1. The van der Waals surface area contributed by atoms with Gasteiger partial charge in [0, 0.05) is 12.1 Å². The molecule has 1 unspecified atom stereocenters. The van der Waals surface area contributed by atoms with Crippen LogP contribution in [0.4, 0.5) is 0 Å². The van der Waals surface area contributed by atoms with E-state index < -0.39 is 17.7 Å². The Morgan fingerprint density at radius 1 is 1.06 bits per heavy atom. The molecule has 188 valence electrons. The van der Waals surface area contributed by atoms with Crippen LogP contribution in [0.5, 0.6) is 11.5 Å². The van der Waals surface area contributed by atoms with Crippen molar-refractivity contribution in [2.75, 3.05) is 26.4 Å². The number of benzene rings is 2. The molecule has 0 aromatic heterocycles. The summed E-state index contributed by atoms with van der Waals surface area (Å²) in [4.78, 5) is 27.8. The van der Waals surface area contributed by atoms with Crippen molar-refractivity contribution in [3.8, 4) is 11.5 Å². The van der Waals surface area contributed by atoms with E-state index in [4.69, 9.17) is 14.2 Å². The lowest BCUT2D eigenvalue weighted by Crippen LogP contribution is -2.33. The summed E-state index contributed by atoms with van der Waals surface area (Å²) in [6.07, 6.45) is 0.870. The van der Waals surface area contributed by atoms with Gasteiger partial charge in [-0.15, -0.1) is 0 Å². The lowest BCUT2D eigenvalue weighted by atomic mass is 9.94. The molecule has 2 aromatic rings. The van der Waals surface area contributed by atoms with Crippen molar-refractivity contribution in [1.29, 1.82) is 0 Å². The number of aliphatic hydroxyl groups is 1. The standard InChI is InChI=1S/C28H35NO6/c1-6-14-35-23-12-11-21(16-19(23)5)26(30)24-25(20-9-8-10-22(17-20)33-7-2)29(28(32)27(24)31)13-15-34-18(3)4/h8-12,16-18,25,30H,6-7,13-15H2,1-5H3/b26-24+. The molecule has 1 N–H and O–H groups in total. The van der Waals surface area contributed by atoms with Crippen molar-refractivity contribution < 1.29 is 28.9 Å². The summed E-state index contributed by atoms with van der Waals surface area (Å²) < 4.78 is 17.0. The van der Waals surface area contributed by atoms with E-state index in [1.165, 1.54) is 4.90 Å². The molecule has 2 aromatic carbocycles. The number of ether oxygens (including phenoxy) is 3. The molecule has 0 spiro atoms. The molecule has 3 rings (SSSR count). The number of ketones is 1. The molecule has 0 saturated carbocycles. The fraction of sp³-hybridized carbons (Fsp3) is 0.429. The molecule has 1 heterocycles. The lowest BCUT2D eigenvalue weighted by Gasteiger charge is -2.26. The number of likely N-dealkylation sites (tertiary alicyclic amines) is 1. The summed E-state index contributed by atoms with van der Waals surface area (Å²) in [5.41, 5.74) is 2.02.